The van der Waals surface area contributed by atoms with E-state index < -0.39 is 35.0 Å². The maximum Gasteiger partial charge on any atom is 0.434 e. The van der Waals surface area contributed by atoms with Gasteiger partial charge in [-0.25, -0.2) is 9.79 Å². The van der Waals surface area contributed by atoms with Gasteiger partial charge >= 0.3 is 12.1 Å². The standard InChI is InChI=1S/C23H14BrClF3IN2O4S/c1-2-35-21(34)16-17(11-3-5-12(25)6-4-11)31-20(33)15(36-22(31)30-19(16)23(26,27)28)9-10-7-13(24)18(32)14(29)8-10/h3-9,17,32H,2H2,1H3/b15-9-/t17-/m1/s1. The summed E-state index contributed by atoms with van der Waals surface area (Å²) in [6, 6.07) is 7.54. The van der Waals surface area contributed by atoms with Gasteiger partial charge in [-0.3, -0.25) is 9.36 Å². The molecule has 1 aliphatic heterocycles. The average molecular weight is 714 g/mol. The number of carbonyl (C=O) groups is 1. The fraction of sp³-hybridized carbons (Fsp3) is 0.174. The minimum atomic E-state index is -4.99. The fourth-order valence-electron chi connectivity index (χ4n) is 3.62. The number of hydrogen-bond donors (Lipinski definition) is 1. The predicted octanol–water partition coefficient (Wildman–Crippen LogP) is 5.07. The second-order valence-electron chi connectivity index (χ2n) is 7.45. The predicted molar refractivity (Wildman–Crippen MR) is 141 cm³/mol. The molecule has 0 saturated carbocycles. The van der Waals surface area contributed by atoms with Crippen molar-refractivity contribution in [3.8, 4) is 5.75 Å². The summed E-state index contributed by atoms with van der Waals surface area (Å²) in [5, 5.41) is 10.3. The first-order valence-electron chi connectivity index (χ1n) is 10.2. The summed E-state index contributed by atoms with van der Waals surface area (Å²) in [5.41, 5.74) is -2.09. The Balaban J connectivity index is 2.05. The van der Waals surface area contributed by atoms with E-state index in [9.17, 15) is 27.9 Å². The first kappa shape index (κ1) is 26.9. The number of thiazole rings is 1. The monoisotopic (exact) mass is 712 g/mol. The number of aromatic hydroxyl groups is 1. The highest BCUT2D eigenvalue weighted by Crippen LogP contribution is 2.38. The molecule has 0 amide bonds. The van der Waals surface area contributed by atoms with Crippen LogP contribution in [0.3, 0.4) is 0 Å². The van der Waals surface area contributed by atoms with Crippen molar-refractivity contribution in [2.24, 2.45) is 4.99 Å². The molecule has 0 radical (unpaired) electrons. The van der Waals surface area contributed by atoms with Crippen LogP contribution in [0.2, 0.25) is 5.02 Å². The van der Waals surface area contributed by atoms with Gasteiger partial charge in [0.15, 0.2) is 10.5 Å². The maximum atomic E-state index is 14.1. The van der Waals surface area contributed by atoms with Gasteiger partial charge in [0.05, 0.1) is 30.8 Å². The van der Waals surface area contributed by atoms with Gasteiger partial charge < -0.3 is 9.84 Å². The molecule has 0 bridgehead atoms. The number of esters is 1. The average Bonchev–Trinajstić information content (AvgIpc) is 3.11. The van der Waals surface area contributed by atoms with Crippen LogP contribution in [0.25, 0.3) is 6.08 Å². The fourth-order valence-corrected chi connectivity index (χ4v) is 6.25. The summed E-state index contributed by atoms with van der Waals surface area (Å²) in [7, 11) is 0. The summed E-state index contributed by atoms with van der Waals surface area (Å²) < 4.78 is 49.3. The molecule has 1 aliphatic rings. The number of rotatable bonds is 4. The van der Waals surface area contributed by atoms with Crippen molar-refractivity contribution in [1.82, 2.24) is 4.57 Å². The van der Waals surface area contributed by atoms with E-state index in [0.29, 0.717) is 18.6 Å². The Bertz CT molecular complexity index is 1560. The van der Waals surface area contributed by atoms with Crippen LogP contribution in [0, 0.1) is 3.57 Å². The molecule has 2 aromatic carbocycles. The van der Waals surface area contributed by atoms with E-state index in [2.05, 4.69) is 20.9 Å². The third kappa shape index (κ3) is 5.13. The van der Waals surface area contributed by atoms with Crippen LogP contribution in [0.1, 0.15) is 24.1 Å². The molecule has 188 valence electrons. The third-order valence-corrected chi connectivity index (χ3v) is 7.78. The molecule has 0 spiro atoms. The molecule has 4 rings (SSSR count). The number of carbonyl (C=O) groups excluding carboxylic acids is 1. The summed E-state index contributed by atoms with van der Waals surface area (Å²) in [5.74, 6) is -1.20. The smallest absolute Gasteiger partial charge is 0.434 e. The van der Waals surface area contributed by atoms with Gasteiger partial charge in [0.1, 0.15) is 5.75 Å². The molecule has 1 atom stereocenters. The number of fused-ring (bicyclic) bond motifs is 1. The lowest BCUT2D eigenvalue weighted by atomic mass is 9.95. The number of ether oxygens (including phenoxy) is 1. The Morgan fingerprint density at radius 2 is 2.00 bits per heavy atom. The van der Waals surface area contributed by atoms with Gasteiger partial charge in [-0.2, -0.15) is 13.2 Å². The molecule has 0 aliphatic carbocycles. The van der Waals surface area contributed by atoms with Crippen molar-refractivity contribution in [3.63, 3.8) is 0 Å². The van der Waals surface area contributed by atoms with E-state index in [4.69, 9.17) is 16.3 Å². The van der Waals surface area contributed by atoms with E-state index in [1.165, 1.54) is 37.3 Å². The van der Waals surface area contributed by atoms with Crippen LogP contribution in [-0.2, 0) is 9.53 Å². The number of alkyl halides is 3. The van der Waals surface area contributed by atoms with E-state index in [0.717, 1.165) is 15.9 Å². The normalized spacial score (nSPS) is 16.1. The van der Waals surface area contributed by atoms with Crippen LogP contribution in [-0.4, -0.2) is 28.4 Å². The highest BCUT2D eigenvalue weighted by Gasteiger charge is 2.45. The van der Waals surface area contributed by atoms with Crippen LogP contribution in [0.5, 0.6) is 5.75 Å². The molecule has 36 heavy (non-hydrogen) atoms. The van der Waals surface area contributed by atoms with Crippen molar-refractivity contribution in [2.45, 2.75) is 19.1 Å². The maximum absolute atomic E-state index is 14.1. The molecular weight excluding hydrogens is 700 g/mol. The quantitative estimate of drug-likeness (QED) is 0.303. The molecular formula is C23H14BrClF3IN2O4S. The lowest BCUT2D eigenvalue weighted by Crippen LogP contribution is -2.41. The molecule has 1 N–H and O–H groups in total. The van der Waals surface area contributed by atoms with E-state index in [1.54, 1.807) is 12.1 Å². The van der Waals surface area contributed by atoms with Crippen LogP contribution in [0.4, 0.5) is 13.2 Å². The zero-order valence-corrected chi connectivity index (χ0v) is 23.4. The van der Waals surface area contributed by atoms with Crippen LogP contribution >= 0.6 is 61.5 Å². The van der Waals surface area contributed by atoms with Crippen molar-refractivity contribution < 1.29 is 27.8 Å². The number of allylic oxidation sites excluding steroid dienone is 1. The van der Waals surface area contributed by atoms with Gasteiger partial charge in [-0.1, -0.05) is 35.1 Å². The summed E-state index contributed by atoms with van der Waals surface area (Å²) in [6.45, 7) is 1.30. The second-order valence-corrected chi connectivity index (χ2v) is 10.9. The highest BCUT2D eigenvalue weighted by atomic mass is 127. The highest BCUT2D eigenvalue weighted by molar-refractivity contribution is 14.1. The zero-order valence-electron chi connectivity index (χ0n) is 18.1. The number of nitrogens with zero attached hydrogens (tertiary/aromatic N) is 2. The van der Waals surface area contributed by atoms with Gasteiger partial charge in [0, 0.05) is 5.02 Å². The number of phenolic OH excluding ortho intramolecular Hbond substituents is 1. The minimum Gasteiger partial charge on any atom is -0.506 e. The molecule has 13 heteroatoms. The summed E-state index contributed by atoms with van der Waals surface area (Å²) >= 11 is 11.9. The van der Waals surface area contributed by atoms with Crippen molar-refractivity contribution in [1.29, 1.82) is 0 Å². The van der Waals surface area contributed by atoms with Gasteiger partial charge in [-0.15, -0.1) is 0 Å². The molecule has 3 aromatic rings. The first-order valence-corrected chi connectivity index (χ1v) is 13.2. The van der Waals surface area contributed by atoms with Crippen LogP contribution in [0.15, 0.2) is 61.9 Å². The SMILES string of the molecule is CCOC(=O)C1=C(C(F)(F)F)N=c2s/c(=C\c3cc(Br)c(O)c(I)c3)c(=O)n2[C@@H]1c1ccc(Cl)cc1. The topological polar surface area (TPSA) is 80.9 Å². The Kier molecular flexibility index (Phi) is 7.70. The molecule has 1 aromatic heterocycles. The molecule has 0 saturated heterocycles. The summed E-state index contributed by atoms with van der Waals surface area (Å²) in [4.78, 5) is 29.8. The van der Waals surface area contributed by atoms with E-state index in [1.807, 2.05) is 22.6 Å². The Labute approximate surface area is 232 Å². The Morgan fingerprint density at radius 3 is 2.58 bits per heavy atom. The molecule has 0 fully saturated rings. The summed E-state index contributed by atoms with van der Waals surface area (Å²) in [6.07, 6.45) is -3.50. The second kappa shape index (κ2) is 10.3. The number of halogens is 6. The number of benzene rings is 2. The lowest BCUT2D eigenvalue weighted by molar-refractivity contribution is -0.140. The number of hydrogen-bond acceptors (Lipinski definition) is 6. The Hall–Kier alpha value is -2.16. The van der Waals surface area contributed by atoms with E-state index in [-0.39, 0.29) is 27.3 Å². The third-order valence-electron chi connectivity index (χ3n) is 5.12. The largest absolute Gasteiger partial charge is 0.506 e. The zero-order chi connectivity index (χ0) is 26.4. The van der Waals surface area contributed by atoms with Gasteiger partial charge in [0.25, 0.3) is 5.56 Å². The molecule has 2 heterocycles. The number of aromatic nitrogens is 1. The van der Waals surface area contributed by atoms with Crippen molar-refractivity contribution in [2.75, 3.05) is 6.61 Å². The molecule has 6 nitrogen and oxygen atoms in total. The Morgan fingerprint density at radius 1 is 1.33 bits per heavy atom. The van der Waals surface area contributed by atoms with Gasteiger partial charge in [0.2, 0.25) is 0 Å². The lowest BCUT2D eigenvalue weighted by Gasteiger charge is -2.26. The molecule has 0 unspecified atom stereocenters. The van der Waals surface area contributed by atoms with Gasteiger partial charge in [-0.05, 0) is 86.9 Å². The minimum absolute atomic E-state index is 0.0193. The number of phenols is 1. The van der Waals surface area contributed by atoms with Crippen molar-refractivity contribution >= 4 is 73.5 Å². The van der Waals surface area contributed by atoms with Crippen LogP contribution < -0.4 is 14.9 Å². The first-order chi connectivity index (χ1) is 16.9. The van der Waals surface area contributed by atoms with Crippen molar-refractivity contribution in [3.05, 3.63) is 91.5 Å². The van der Waals surface area contributed by atoms with E-state index >= 15 is 0 Å².